The number of allylic oxidation sites excluding steroid dienone is 2. The van der Waals surface area contributed by atoms with Gasteiger partial charge in [-0.3, -0.25) is 0 Å². The van der Waals surface area contributed by atoms with Gasteiger partial charge in [0.25, 0.3) is 0 Å². The lowest BCUT2D eigenvalue weighted by Gasteiger charge is -1.93. The third-order valence-corrected chi connectivity index (χ3v) is 1.79. The molecule has 0 aromatic heterocycles. The summed E-state index contributed by atoms with van der Waals surface area (Å²) < 4.78 is 0. The van der Waals surface area contributed by atoms with E-state index in [1.165, 1.54) is 0 Å². The standard InChI is InChI=1S/C12H11B/c1-3-7-10-8-5-6-9-11(10)12(13)4-2/h3-9H,1-2H2/b10-7-,12-11+. The Balaban J connectivity index is 3.64. The number of hydrogen-bond donors (Lipinski definition) is 0. The van der Waals surface area contributed by atoms with E-state index in [4.69, 9.17) is 7.85 Å². The molecule has 1 aromatic carbocycles. The Hall–Kier alpha value is -1.50. The Morgan fingerprint density at radius 3 is 2.54 bits per heavy atom. The van der Waals surface area contributed by atoms with Gasteiger partial charge in [-0.05, 0) is 10.4 Å². The summed E-state index contributed by atoms with van der Waals surface area (Å²) in [5.74, 6) is 0. The van der Waals surface area contributed by atoms with Crippen molar-refractivity contribution in [2.75, 3.05) is 0 Å². The smallest absolute Gasteiger partial charge is 0.0996 e. The van der Waals surface area contributed by atoms with E-state index in [-0.39, 0.29) is 0 Å². The maximum Gasteiger partial charge on any atom is 0.114 e. The molecule has 0 saturated heterocycles. The molecular formula is C12H11B. The molecule has 0 aliphatic carbocycles. The lowest BCUT2D eigenvalue weighted by atomic mass is 9.92. The van der Waals surface area contributed by atoms with Crippen molar-refractivity contribution in [2.24, 2.45) is 0 Å². The molecule has 62 valence electrons. The van der Waals surface area contributed by atoms with Crippen molar-refractivity contribution in [1.82, 2.24) is 0 Å². The fourth-order valence-corrected chi connectivity index (χ4v) is 1.14. The van der Waals surface area contributed by atoms with Gasteiger partial charge >= 0.3 is 0 Å². The largest absolute Gasteiger partial charge is 0.114 e. The first-order chi connectivity index (χ1) is 6.29. The SMILES string of the molecule is [B]/C(C=C)=c1\cccc\c1=C\C=C. The van der Waals surface area contributed by atoms with Gasteiger partial charge in [0.15, 0.2) is 0 Å². The molecule has 0 aliphatic rings. The molecule has 0 N–H and O–H groups in total. The van der Waals surface area contributed by atoms with Crippen molar-refractivity contribution in [2.45, 2.75) is 0 Å². The van der Waals surface area contributed by atoms with Crippen LogP contribution in [0.3, 0.4) is 0 Å². The van der Waals surface area contributed by atoms with Crippen LogP contribution in [-0.4, -0.2) is 7.85 Å². The number of benzene rings is 1. The highest BCUT2D eigenvalue weighted by Crippen LogP contribution is 1.83. The van der Waals surface area contributed by atoms with E-state index in [1.54, 1.807) is 12.2 Å². The summed E-state index contributed by atoms with van der Waals surface area (Å²) in [7, 11) is 5.77. The van der Waals surface area contributed by atoms with E-state index >= 15 is 0 Å². The molecule has 13 heavy (non-hydrogen) atoms. The van der Waals surface area contributed by atoms with Gasteiger partial charge in [-0.2, -0.15) is 0 Å². The lowest BCUT2D eigenvalue weighted by Crippen LogP contribution is -2.25. The van der Waals surface area contributed by atoms with E-state index in [0.29, 0.717) is 5.47 Å². The fraction of sp³-hybridized carbons (Fsp3) is 0. The summed E-state index contributed by atoms with van der Waals surface area (Å²) >= 11 is 0. The second kappa shape index (κ2) is 4.51. The van der Waals surface area contributed by atoms with Crippen LogP contribution in [-0.2, 0) is 0 Å². The van der Waals surface area contributed by atoms with Crippen LogP contribution in [0.5, 0.6) is 0 Å². The van der Waals surface area contributed by atoms with E-state index in [0.717, 1.165) is 10.4 Å². The molecule has 0 spiro atoms. The molecule has 1 rings (SSSR count). The fourth-order valence-electron chi connectivity index (χ4n) is 1.14. The minimum atomic E-state index is 0.689. The zero-order valence-electron chi connectivity index (χ0n) is 7.53. The summed E-state index contributed by atoms with van der Waals surface area (Å²) in [5.41, 5.74) is 0.689. The van der Waals surface area contributed by atoms with Gasteiger partial charge in [0.2, 0.25) is 0 Å². The predicted molar refractivity (Wildman–Crippen MR) is 59.7 cm³/mol. The zero-order valence-corrected chi connectivity index (χ0v) is 7.53. The molecule has 0 aliphatic heterocycles. The molecule has 0 amide bonds. The maximum atomic E-state index is 5.77. The minimum Gasteiger partial charge on any atom is -0.0996 e. The highest BCUT2D eigenvalue weighted by molar-refractivity contribution is 6.40. The topological polar surface area (TPSA) is 0 Å². The third-order valence-electron chi connectivity index (χ3n) is 1.79. The van der Waals surface area contributed by atoms with E-state index in [1.807, 2.05) is 30.3 Å². The van der Waals surface area contributed by atoms with E-state index in [9.17, 15) is 0 Å². The van der Waals surface area contributed by atoms with E-state index in [2.05, 4.69) is 13.2 Å². The Labute approximate surface area is 80.0 Å². The van der Waals surface area contributed by atoms with E-state index < -0.39 is 0 Å². The Kier molecular flexibility index (Phi) is 3.33. The number of rotatable bonds is 2. The molecule has 2 radical (unpaired) electrons. The van der Waals surface area contributed by atoms with Crippen LogP contribution in [0.4, 0.5) is 0 Å². The first-order valence-electron chi connectivity index (χ1n) is 4.09. The molecule has 0 saturated carbocycles. The molecule has 0 fully saturated rings. The second-order valence-corrected chi connectivity index (χ2v) is 2.65. The molecular weight excluding hydrogens is 155 g/mol. The highest BCUT2D eigenvalue weighted by Gasteiger charge is 1.85. The van der Waals surface area contributed by atoms with Gasteiger partial charge in [0.1, 0.15) is 7.85 Å². The zero-order chi connectivity index (χ0) is 9.68. The monoisotopic (exact) mass is 166 g/mol. The Morgan fingerprint density at radius 1 is 1.23 bits per heavy atom. The molecule has 1 aromatic rings. The van der Waals surface area contributed by atoms with Gasteiger partial charge in [-0.15, -0.1) is 0 Å². The summed E-state index contributed by atoms with van der Waals surface area (Å²) in [6, 6.07) is 7.88. The van der Waals surface area contributed by atoms with Gasteiger partial charge in [-0.1, -0.05) is 61.1 Å². The maximum absolute atomic E-state index is 5.77. The van der Waals surface area contributed by atoms with Crippen molar-refractivity contribution in [1.29, 1.82) is 0 Å². The van der Waals surface area contributed by atoms with Gasteiger partial charge < -0.3 is 0 Å². The van der Waals surface area contributed by atoms with Crippen molar-refractivity contribution >= 4 is 19.4 Å². The van der Waals surface area contributed by atoms with Crippen LogP contribution in [0.15, 0.2) is 49.6 Å². The molecule has 0 heterocycles. The molecule has 0 bridgehead atoms. The van der Waals surface area contributed by atoms with Crippen molar-refractivity contribution < 1.29 is 0 Å². The van der Waals surface area contributed by atoms with Crippen molar-refractivity contribution in [3.63, 3.8) is 0 Å². The molecule has 0 nitrogen and oxygen atoms in total. The van der Waals surface area contributed by atoms with Crippen molar-refractivity contribution in [3.8, 4) is 0 Å². The van der Waals surface area contributed by atoms with Crippen molar-refractivity contribution in [3.05, 3.63) is 60.0 Å². The van der Waals surface area contributed by atoms with Crippen LogP contribution in [0.25, 0.3) is 11.5 Å². The Morgan fingerprint density at radius 2 is 1.92 bits per heavy atom. The predicted octanol–water partition coefficient (Wildman–Crippen LogP) is 1.12. The van der Waals surface area contributed by atoms with Gasteiger partial charge in [-0.25, -0.2) is 0 Å². The Bertz CT molecular complexity index is 427. The van der Waals surface area contributed by atoms with Crippen LogP contribution in [0.1, 0.15) is 0 Å². The highest BCUT2D eigenvalue weighted by atomic mass is 13.9. The third kappa shape index (κ3) is 2.22. The number of hydrogen-bond acceptors (Lipinski definition) is 0. The quantitative estimate of drug-likeness (QED) is 0.577. The lowest BCUT2D eigenvalue weighted by molar-refractivity contribution is 1.52. The second-order valence-electron chi connectivity index (χ2n) is 2.65. The summed E-state index contributed by atoms with van der Waals surface area (Å²) in [4.78, 5) is 0. The molecule has 0 atom stereocenters. The molecule has 1 heteroatoms. The van der Waals surface area contributed by atoms with Crippen LogP contribution in [0.2, 0.25) is 0 Å². The molecule has 0 unspecified atom stereocenters. The first kappa shape index (κ1) is 9.59. The van der Waals surface area contributed by atoms with Crippen LogP contribution < -0.4 is 10.4 Å². The summed E-state index contributed by atoms with van der Waals surface area (Å²) in [5, 5.41) is 2.06. The van der Waals surface area contributed by atoms with Crippen LogP contribution >= 0.6 is 0 Å². The van der Waals surface area contributed by atoms with Crippen LogP contribution in [0, 0.1) is 0 Å². The normalized spacial score (nSPS) is 13.7. The average Bonchev–Trinajstić information content (AvgIpc) is 2.18. The van der Waals surface area contributed by atoms with Gasteiger partial charge in [0.05, 0.1) is 0 Å². The average molecular weight is 166 g/mol. The summed E-state index contributed by atoms with van der Waals surface area (Å²) in [6.45, 7) is 7.29. The van der Waals surface area contributed by atoms with Gasteiger partial charge in [0, 0.05) is 0 Å². The minimum absolute atomic E-state index is 0.689. The summed E-state index contributed by atoms with van der Waals surface area (Å²) in [6.07, 6.45) is 5.32. The first-order valence-corrected chi connectivity index (χ1v) is 4.09.